The molecular formula is C23H18N2O7. The Hall–Kier alpha value is -4.27. The van der Waals surface area contributed by atoms with Crippen LogP contribution in [0.4, 0.5) is 0 Å². The summed E-state index contributed by atoms with van der Waals surface area (Å²) in [6.45, 7) is 0.717. The van der Waals surface area contributed by atoms with Gasteiger partial charge in [0, 0.05) is 11.6 Å². The molecule has 0 spiro atoms. The van der Waals surface area contributed by atoms with E-state index in [1.54, 1.807) is 30.3 Å². The van der Waals surface area contributed by atoms with Crippen LogP contribution in [0.2, 0.25) is 0 Å². The number of furan rings is 1. The zero-order valence-corrected chi connectivity index (χ0v) is 16.8. The number of carbonyl (C=O) groups excluding carboxylic acids is 3. The van der Waals surface area contributed by atoms with Gasteiger partial charge >= 0.3 is 0 Å². The largest absolute Gasteiger partial charge is 0.492 e. The molecule has 2 aliphatic heterocycles. The summed E-state index contributed by atoms with van der Waals surface area (Å²) in [4.78, 5) is 38.9. The van der Waals surface area contributed by atoms with E-state index in [1.807, 2.05) is 0 Å². The van der Waals surface area contributed by atoms with Crippen LogP contribution in [0.3, 0.4) is 0 Å². The van der Waals surface area contributed by atoms with Crippen LogP contribution in [0.15, 0.2) is 59.2 Å². The number of fused-ring (bicyclic) bond motifs is 2. The molecule has 0 saturated heterocycles. The standard InChI is InChI=1S/C23H18N2O7/c26-21(24-7-9-30-15-4-6-19-20(11-15)32-13-31-19)14-3-5-17-18(10-14)23(28)25(22(17)27)12-16-2-1-8-29-16/h1-6,8,10-11H,7,9,12-13H2,(H,24,26). The van der Waals surface area contributed by atoms with Crippen molar-refractivity contribution in [3.05, 3.63) is 77.2 Å². The van der Waals surface area contributed by atoms with Crippen molar-refractivity contribution in [1.82, 2.24) is 10.2 Å². The third kappa shape index (κ3) is 3.64. The Morgan fingerprint density at radius 2 is 1.84 bits per heavy atom. The third-order valence-electron chi connectivity index (χ3n) is 5.13. The van der Waals surface area contributed by atoms with Gasteiger partial charge in [0.1, 0.15) is 18.1 Å². The van der Waals surface area contributed by atoms with Gasteiger partial charge in [-0.1, -0.05) is 0 Å². The van der Waals surface area contributed by atoms with Crippen molar-refractivity contribution in [1.29, 1.82) is 0 Å². The van der Waals surface area contributed by atoms with E-state index in [0.29, 0.717) is 23.0 Å². The molecule has 0 saturated carbocycles. The molecule has 0 aliphatic carbocycles. The number of imide groups is 1. The van der Waals surface area contributed by atoms with Crippen LogP contribution < -0.4 is 19.5 Å². The summed E-state index contributed by atoms with van der Waals surface area (Å²) in [5.74, 6) is 1.14. The fourth-order valence-corrected chi connectivity index (χ4v) is 3.54. The van der Waals surface area contributed by atoms with Gasteiger partial charge in [0.2, 0.25) is 6.79 Å². The van der Waals surface area contributed by atoms with E-state index in [-0.39, 0.29) is 49.1 Å². The number of amides is 3. The molecule has 3 aromatic rings. The average Bonchev–Trinajstić information content (AvgIpc) is 3.54. The minimum atomic E-state index is -0.456. The SMILES string of the molecule is O=C(NCCOc1ccc2c(c1)OCO2)c1ccc2c(c1)C(=O)N(Cc1ccco1)C2=O. The Morgan fingerprint density at radius 3 is 2.69 bits per heavy atom. The first-order valence-corrected chi connectivity index (χ1v) is 9.93. The number of rotatable bonds is 7. The molecule has 0 atom stereocenters. The summed E-state index contributed by atoms with van der Waals surface area (Å²) < 4.78 is 21.4. The molecule has 0 fully saturated rings. The van der Waals surface area contributed by atoms with E-state index in [4.69, 9.17) is 18.6 Å². The Balaban J connectivity index is 1.18. The average molecular weight is 434 g/mol. The summed E-state index contributed by atoms with van der Waals surface area (Å²) in [5, 5.41) is 2.74. The Morgan fingerprint density at radius 1 is 1.00 bits per heavy atom. The van der Waals surface area contributed by atoms with Crippen molar-refractivity contribution in [2.45, 2.75) is 6.54 Å². The van der Waals surface area contributed by atoms with Crippen molar-refractivity contribution in [2.24, 2.45) is 0 Å². The summed E-state index contributed by atoms with van der Waals surface area (Å²) in [6, 6.07) is 13.1. The lowest BCUT2D eigenvalue weighted by atomic mass is 10.1. The van der Waals surface area contributed by atoms with Gasteiger partial charge in [-0.05, 0) is 42.5 Å². The van der Waals surface area contributed by atoms with Gasteiger partial charge in [0.05, 0.1) is 30.5 Å². The first kappa shape index (κ1) is 19.7. The smallest absolute Gasteiger partial charge is 0.261 e. The van der Waals surface area contributed by atoms with E-state index in [0.717, 1.165) is 4.90 Å². The fraction of sp³-hybridized carbons (Fsp3) is 0.174. The lowest BCUT2D eigenvalue weighted by Gasteiger charge is -2.11. The summed E-state index contributed by atoms with van der Waals surface area (Å²) >= 11 is 0. The van der Waals surface area contributed by atoms with Gasteiger partial charge in [-0.15, -0.1) is 0 Å². The molecule has 0 bridgehead atoms. The molecule has 32 heavy (non-hydrogen) atoms. The van der Waals surface area contributed by atoms with E-state index >= 15 is 0 Å². The summed E-state index contributed by atoms with van der Waals surface area (Å²) in [5.41, 5.74) is 0.753. The molecular weight excluding hydrogens is 416 g/mol. The van der Waals surface area contributed by atoms with Crippen molar-refractivity contribution < 1.29 is 33.0 Å². The Labute approximate surface area is 182 Å². The van der Waals surface area contributed by atoms with Gasteiger partial charge < -0.3 is 23.9 Å². The van der Waals surface area contributed by atoms with E-state index in [1.165, 1.54) is 24.5 Å². The number of nitrogens with one attached hydrogen (secondary N) is 1. The fourth-order valence-electron chi connectivity index (χ4n) is 3.54. The highest BCUT2D eigenvalue weighted by Crippen LogP contribution is 2.35. The van der Waals surface area contributed by atoms with Gasteiger partial charge in [-0.2, -0.15) is 0 Å². The zero-order chi connectivity index (χ0) is 22.1. The third-order valence-corrected chi connectivity index (χ3v) is 5.13. The predicted molar refractivity (Wildman–Crippen MR) is 110 cm³/mol. The number of hydrogen-bond donors (Lipinski definition) is 1. The topological polar surface area (TPSA) is 107 Å². The van der Waals surface area contributed by atoms with Crippen molar-refractivity contribution >= 4 is 17.7 Å². The number of nitrogens with zero attached hydrogens (tertiary/aromatic N) is 1. The minimum absolute atomic E-state index is 0.0398. The van der Waals surface area contributed by atoms with Crippen molar-refractivity contribution in [3.8, 4) is 17.2 Å². The van der Waals surface area contributed by atoms with Crippen LogP contribution in [0.5, 0.6) is 17.2 Å². The molecule has 2 aliphatic rings. The molecule has 2 aromatic carbocycles. The highest BCUT2D eigenvalue weighted by Gasteiger charge is 2.36. The Bertz CT molecular complexity index is 1200. The molecule has 0 unspecified atom stereocenters. The van der Waals surface area contributed by atoms with Crippen molar-refractivity contribution in [3.63, 3.8) is 0 Å². The maximum Gasteiger partial charge on any atom is 0.261 e. The van der Waals surface area contributed by atoms with Crippen LogP contribution in [0, 0.1) is 0 Å². The van der Waals surface area contributed by atoms with Crippen LogP contribution in [0.25, 0.3) is 0 Å². The van der Waals surface area contributed by atoms with Gasteiger partial charge in [0.25, 0.3) is 17.7 Å². The number of ether oxygens (including phenoxy) is 3. The second-order valence-electron chi connectivity index (χ2n) is 7.16. The van der Waals surface area contributed by atoms with Gasteiger partial charge in [0.15, 0.2) is 11.5 Å². The van der Waals surface area contributed by atoms with Crippen LogP contribution in [-0.4, -0.2) is 42.6 Å². The molecule has 3 amide bonds. The molecule has 0 radical (unpaired) electrons. The molecule has 162 valence electrons. The first-order chi connectivity index (χ1) is 15.6. The normalized spacial score (nSPS) is 13.9. The summed E-state index contributed by atoms with van der Waals surface area (Å²) in [7, 11) is 0. The summed E-state index contributed by atoms with van der Waals surface area (Å²) in [6.07, 6.45) is 1.48. The second kappa shape index (κ2) is 8.10. The zero-order valence-electron chi connectivity index (χ0n) is 16.8. The maximum absolute atomic E-state index is 12.7. The van der Waals surface area contributed by atoms with E-state index in [2.05, 4.69) is 5.32 Å². The van der Waals surface area contributed by atoms with Gasteiger partial charge in [-0.3, -0.25) is 19.3 Å². The molecule has 1 aromatic heterocycles. The lowest BCUT2D eigenvalue weighted by Crippen LogP contribution is -2.29. The highest BCUT2D eigenvalue weighted by molar-refractivity contribution is 6.22. The number of benzene rings is 2. The minimum Gasteiger partial charge on any atom is -0.492 e. The van der Waals surface area contributed by atoms with Gasteiger partial charge in [-0.25, -0.2) is 0 Å². The van der Waals surface area contributed by atoms with Crippen molar-refractivity contribution in [2.75, 3.05) is 19.9 Å². The van der Waals surface area contributed by atoms with E-state index < -0.39 is 11.8 Å². The first-order valence-electron chi connectivity index (χ1n) is 9.93. The monoisotopic (exact) mass is 434 g/mol. The Kier molecular flexibility index (Phi) is 4.98. The number of carbonyl (C=O) groups is 3. The van der Waals surface area contributed by atoms with Crippen LogP contribution >= 0.6 is 0 Å². The molecule has 9 nitrogen and oxygen atoms in total. The second-order valence-corrected chi connectivity index (χ2v) is 7.16. The predicted octanol–water partition coefficient (Wildman–Crippen LogP) is 2.61. The molecule has 9 heteroatoms. The van der Waals surface area contributed by atoms with E-state index in [9.17, 15) is 14.4 Å². The lowest BCUT2D eigenvalue weighted by molar-refractivity contribution is 0.0631. The molecule has 3 heterocycles. The molecule has 5 rings (SSSR count). The number of hydrogen-bond acceptors (Lipinski definition) is 7. The molecule has 1 N–H and O–H groups in total. The highest BCUT2D eigenvalue weighted by atomic mass is 16.7. The maximum atomic E-state index is 12.7. The van der Waals surface area contributed by atoms with Crippen LogP contribution in [-0.2, 0) is 6.54 Å². The quantitative estimate of drug-likeness (QED) is 0.450. The van der Waals surface area contributed by atoms with Crippen LogP contribution in [0.1, 0.15) is 36.8 Å².